The van der Waals surface area contributed by atoms with Crippen molar-refractivity contribution >= 4 is 29.2 Å². The van der Waals surface area contributed by atoms with Crippen LogP contribution in [0.5, 0.6) is 0 Å². The van der Waals surface area contributed by atoms with Gasteiger partial charge in [0.05, 0.1) is 29.3 Å². The minimum atomic E-state index is -0.572. The van der Waals surface area contributed by atoms with Crippen molar-refractivity contribution in [3.8, 4) is 6.07 Å². The fourth-order valence-corrected chi connectivity index (χ4v) is 1.58. The predicted octanol–water partition coefficient (Wildman–Crippen LogP) is 2.74. The van der Waals surface area contributed by atoms with Gasteiger partial charge in [-0.05, 0) is 17.7 Å². The molecule has 0 aliphatic heterocycles. The first-order valence-electron chi connectivity index (χ1n) is 4.00. The fourth-order valence-electron chi connectivity index (χ4n) is 1.10. The van der Waals surface area contributed by atoms with Gasteiger partial charge in [-0.25, -0.2) is 4.79 Å². The highest BCUT2D eigenvalue weighted by Crippen LogP contribution is 2.23. The zero-order valence-electron chi connectivity index (χ0n) is 7.88. The highest BCUT2D eigenvalue weighted by atomic mass is 35.5. The molecule has 0 aliphatic carbocycles. The quantitative estimate of drug-likeness (QED) is 0.593. The third-order valence-electron chi connectivity index (χ3n) is 1.86. The second-order valence-electron chi connectivity index (χ2n) is 2.73. The topological polar surface area (TPSA) is 50.1 Å². The molecule has 0 amide bonds. The van der Waals surface area contributed by atoms with Crippen molar-refractivity contribution in [1.29, 1.82) is 5.26 Å². The summed E-state index contributed by atoms with van der Waals surface area (Å²) in [4.78, 5) is 11.3. The summed E-state index contributed by atoms with van der Waals surface area (Å²) in [5.41, 5.74) is 1.09. The smallest absolute Gasteiger partial charge is 0.339 e. The molecule has 0 radical (unpaired) electrons. The molecule has 1 aromatic rings. The molecule has 15 heavy (non-hydrogen) atoms. The Kier molecular flexibility index (Phi) is 3.96. The van der Waals surface area contributed by atoms with Gasteiger partial charge in [-0.1, -0.05) is 11.6 Å². The third-order valence-corrected chi connectivity index (χ3v) is 2.46. The monoisotopic (exact) mass is 243 g/mol. The zero-order valence-corrected chi connectivity index (χ0v) is 9.39. The van der Waals surface area contributed by atoms with Crippen LogP contribution >= 0.6 is 23.2 Å². The second-order valence-corrected chi connectivity index (χ2v) is 3.40. The Morgan fingerprint density at radius 3 is 2.73 bits per heavy atom. The molecule has 0 fully saturated rings. The van der Waals surface area contributed by atoms with Crippen LogP contribution in [0.3, 0.4) is 0 Å². The molecule has 0 N–H and O–H groups in total. The summed E-state index contributed by atoms with van der Waals surface area (Å²) in [5, 5.41) is 9.05. The van der Waals surface area contributed by atoms with Crippen LogP contribution in [0.4, 0.5) is 0 Å². The van der Waals surface area contributed by atoms with E-state index in [-0.39, 0.29) is 16.5 Å². The summed E-state index contributed by atoms with van der Waals surface area (Å²) in [7, 11) is 1.25. The standard InChI is InChI=1S/C10H7Cl2NO2/c1-15-10(14)8-2-7(5-13)6(4-11)3-9(8)12/h2-3H,4H2,1H3. The Bertz CT molecular complexity index is 438. The number of nitrogens with zero attached hydrogens (tertiary/aromatic N) is 1. The Morgan fingerprint density at radius 2 is 2.27 bits per heavy atom. The van der Waals surface area contributed by atoms with Crippen molar-refractivity contribution in [2.24, 2.45) is 0 Å². The first kappa shape index (κ1) is 11.8. The minimum Gasteiger partial charge on any atom is -0.465 e. The van der Waals surface area contributed by atoms with Crippen molar-refractivity contribution in [2.75, 3.05) is 7.11 Å². The van der Waals surface area contributed by atoms with Gasteiger partial charge in [-0.3, -0.25) is 0 Å². The number of esters is 1. The molecule has 0 atom stereocenters. The number of halogens is 2. The molecule has 78 valence electrons. The lowest BCUT2D eigenvalue weighted by Crippen LogP contribution is -2.03. The highest BCUT2D eigenvalue weighted by Gasteiger charge is 2.14. The van der Waals surface area contributed by atoms with Gasteiger partial charge in [0.1, 0.15) is 0 Å². The van der Waals surface area contributed by atoms with Gasteiger partial charge in [0, 0.05) is 5.88 Å². The van der Waals surface area contributed by atoms with Crippen LogP contribution in [-0.2, 0) is 10.6 Å². The van der Waals surface area contributed by atoms with E-state index in [0.29, 0.717) is 11.1 Å². The number of hydrogen-bond acceptors (Lipinski definition) is 3. The van der Waals surface area contributed by atoms with E-state index in [1.54, 1.807) is 0 Å². The van der Waals surface area contributed by atoms with Gasteiger partial charge in [0.2, 0.25) is 0 Å². The average Bonchev–Trinajstić information content (AvgIpc) is 2.27. The fraction of sp³-hybridized carbons (Fsp3) is 0.200. The molecule has 1 aromatic carbocycles. The van der Waals surface area contributed by atoms with Crippen LogP contribution in [-0.4, -0.2) is 13.1 Å². The molecule has 5 heteroatoms. The Labute approximate surface area is 97.2 Å². The number of carbonyl (C=O) groups is 1. The molecule has 0 bridgehead atoms. The van der Waals surface area contributed by atoms with Crippen molar-refractivity contribution in [3.05, 3.63) is 33.8 Å². The number of carbonyl (C=O) groups excluding carboxylic acids is 1. The van der Waals surface area contributed by atoms with Gasteiger partial charge in [-0.15, -0.1) is 11.6 Å². The summed E-state index contributed by atoms with van der Waals surface area (Å²) in [6.45, 7) is 0. The summed E-state index contributed by atoms with van der Waals surface area (Å²) in [6.07, 6.45) is 0. The number of methoxy groups -OCH3 is 1. The maximum Gasteiger partial charge on any atom is 0.339 e. The Morgan fingerprint density at radius 1 is 1.60 bits per heavy atom. The normalized spacial score (nSPS) is 9.47. The Hall–Kier alpha value is -1.24. The van der Waals surface area contributed by atoms with Gasteiger partial charge in [-0.2, -0.15) is 5.26 Å². The van der Waals surface area contributed by atoms with E-state index in [9.17, 15) is 4.79 Å². The van der Waals surface area contributed by atoms with E-state index in [4.69, 9.17) is 28.5 Å². The van der Waals surface area contributed by atoms with Crippen molar-refractivity contribution in [3.63, 3.8) is 0 Å². The van der Waals surface area contributed by atoms with E-state index in [1.165, 1.54) is 19.2 Å². The average molecular weight is 244 g/mol. The number of nitriles is 1. The van der Waals surface area contributed by atoms with Crippen LogP contribution in [0.1, 0.15) is 21.5 Å². The maximum atomic E-state index is 11.3. The van der Waals surface area contributed by atoms with Crippen LogP contribution in [0.2, 0.25) is 5.02 Å². The first-order valence-corrected chi connectivity index (χ1v) is 4.92. The van der Waals surface area contributed by atoms with E-state index >= 15 is 0 Å². The molecule has 0 saturated carbocycles. The molecule has 3 nitrogen and oxygen atoms in total. The molecular weight excluding hydrogens is 237 g/mol. The lowest BCUT2D eigenvalue weighted by Gasteiger charge is -2.05. The Balaban J connectivity index is 3.33. The third kappa shape index (κ3) is 2.41. The van der Waals surface area contributed by atoms with Crippen molar-refractivity contribution in [1.82, 2.24) is 0 Å². The molecule has 0 aliphatic rings. The number of alkyl halides is 1. The maximum absolute atomic E-state index is 11.3. The summed E-state index contributed by atoms with van der Waals surface area (Å²) < 4.78 is 4.52. The van der Waals surface area contributed by atoms with Gasteiger partial charge in [0.15, 0.2) is 0 Å². The minimum absolute atomic E-state index is 0.171. The zero-order chi connectivity index (χ0) is 11.4. The van der Waals surface area contributed by atoms with E-state index in [1.807, 2.05) is 6.07 Å². The number of ether oxygens (including phenoxy) is 1. The van der Waals surface area contributed by atoms with E-state index < -0.39 is 5.97 Å². The molecule has 0 spiro atoms. The summed E-state index contributed by atoms with van der Waals surface area (Å²) in [6, 6.07) is 4.82. The molecule has 0 unspecified atom stereocenters. The molecule has 0 heterocycles. The lowest BCUT2D eigenvalue weighted by atomic mass is 10.1. The second kappa shape index (κ2) is 5.01. The molecule has 1 rings (SSSR count). The van der Waals surface area contributed by atoms with Crippen LogP contribution in [0.25, 0.3) is 0 Å². The van der Waals surface area contributed by atoms with Crippen molar-refractivity contribution < 1.29 is 9.53 Å². The molecular formula is C10H7Cl2NO2. The van der Waals surface area contributed by atoms with Crippen molar-refractivity contribution in [2.45, 2.75) is 5.88 Å². The van der Waals surface area contributed by atoms with Gasteiger partial charge in [0.25, 0.3) is 0 Å². The van der Waals surface area contributed by atoms with Crippen LogP contribution in [0.15, 0.2) is 12.1 Å². The molecule has 0 aromatic heterocycles. The highest BCUT2D eigenvalue weighted by molar-refractivity contribution is 6.33. The number of benzene rings is 1. The first-order chi connectivity index (χ1) is 7.13. The van der Waals surface area contributed by atoms with Gasteiger partial charge >= 0.3 is 5.97 Å². The van der Waals surface area contributed by atoms with Crippen LogP contribution in [0, 0.1) is 11.3 Å². The van der Waals surface area contributed by atoms with E-state index in [0.717, 1.165) is 0 Å². The van der Waals surface area contributed by atoms with Gasteiger partial charge < -0.3 is 4.74 Å². The van der Waals surface area contributed by atoms with Crippen LogP contribution < -0.4 is 0 Å². The number of hydrogen-bond donors (Lipinski definition) is 0. The lowest BCUT2D eigenvalue weighted by molar-refractivity contribution is 0.0601. The largest absolute Gasteiger partial charge is 0.465 e. The SMILES string of the molecule is COC(=O)c1cc(C#N)c(CCl)cc1Cl. The predicted molar refractivity (Wildman–Crippen MR) is 57.1 cm³/mol. The number of rotatable bonds is 2. The van der Waals surface area contributed by atoms with E-state index in [2.05, 4.69) is 4.74 Å². The summed E-state index contributed by atoms with van der Waals surface area (Å²) >= 11 is 11.5. The summed E-state index contributed by atoms with van der Waals surface area (Å²) in [5.74, 6) is -0.401. The molecule has 0 saturated heterocycles.